The molecule has 30 heavy (non-hydrogen) atoms. The molecule has 2 amide bonds. The van der Waals surface area contributed by atoms with Crippen LogP contribution in [-0.4, -0.2) is 37.0 Å². The number of amides is 2. The number of anilines is 1. The number of benzene rings is 1. The molecule has 1 aromatic heterocycles. The number of rotatable bonds is 5. The predicted octanol–water partition coefficient (Wildman–Crippen LogP) is 2.16. The number of hydrogen-bond donors (Lipinski definition) is 2. The predicted molar refractivity (Wildman–Crippen MR) is 111 cm³/mol. The molecule has 1 saturated heterocycles. The van der Waals surface area contributed by atoms with Gasteiger partial charge in [-0.2, -0.15) is 5.26 Å². The molecular formula is C23H24N4O3. The second-order valence-electron chi connectivity index (χ2n) is 8.55. The van der Waals surface area contributed by atoms with E-state index in [1.165, 1.54) is 0 Å². The average molecular weight is 404 g/mol. The van der Waals surface area contributed by atoms with Crippen LogP contribution in [0.1, 0.15) is 30.6 Å². The van der Waals surface area contributed by atoms with Crippen molar-refractivity contribution in [1.82, 2.24) is 10.6 Å². The lowest BCUT2D eigenvalue weighted by atomic mass is 9.99. The molecule has 1 aromatic carbocycles. The fourth-order valence-corrected chi connectivity index (χ4v) is 4.98. The van der Waals surface area contributed by atoms with Crippen molar-refractivity contribution in [3.8, 4) is 17.4 Å². The van der Waals surface area contributed by atoms with Crippen LogP contribution >= 0.6 is 0 Å². The molecule has 4 atom stereocenters. The van der Waals surface area contributed by atoms with Gasteiger partial charge in [0.25, 0.3) is 0 Å². The summed E-state index contributed by atoms with van der Waals surface area (Å²) >= 11 is 0. The highest BCUT2D eigenvalue weighted by Crippen LogP contribution is 2.35. The molecule has 2 N–H and O–H groups in total. The highest BCUT2D eigenvalue weighted by atomic mass is 16.3. The van der Waals surface area contributed by atoms with Crippen LogP contribution in [0.3, 0.4) is 0 Å². The van der Waals surface area contributed by atoms with E-state index in [9.17, 15) is 14.9 Å². The van der Waals surface area contributed by atoms with Crippen LogP contribution in [0.15, 0.2) is 34.7 Å². The topological polar surface area (TPSA) is 98.4 Å². The summed E-state index contributed by atoms with van der Waals surface area (Å²) in [6.07, 6.45) is 4.01. The van der Waals surface area contributed by atoms with Gasteiger partial charge in [0.05, 0.1) is 18.5 Å². The maximum atomic E-state index is 12.6. The fraction of sp³-hybridized carbons (Fsp3) is 0.435. The van der Waals surface area contributed by atoms with Crippen molar-refractivity contribution in [2.45, 2.75) is 50.2 Å². The minimum atomic E-state index is -0.638. The van der Waals surface area contributed by atoms with Crippen LogP contribution < -0.4 is 15.5 Å². The molecule has 1 aliphatic carbocycles. The summed E-state index contributed by atoms with van der Waals surface area (Å²) in [5.74, 6) is 1.70. The van der Waals surface area contributed by atoms with E-state index in [-0.39, 0.29) is 17.9 Å². The Morgan fingerprint density at radius 2 is 2.23 bits per heavy atom. The van der Waals surface area contributed by atoms with Crippen LogP contribution in [0.2, 0.25) is 0 Å². The fourth-order valence-electron chi connectivity index (χ4n) is 4.98. The quantitative estimate of drug-likeness (QED) is 0.796. The molecule has 0 radical (unpaired) electrons. The van der Waals surface area contributed by atoms with Crippen molar-refractivity contribution in [2.75, 3.05) is 11.9 Å². The van der Waals surface area contributed by atoms with Crippen LogP contribution in [0, 0.1) is 17.2 Å². The molecule has 5 rings (SSSR count). The zero-order valence-corrected chi connectivity index (χ0v) is 16.9. The molecule has 154 valence electrons. The lowest BCUT2D eigenvalue weighted by Gasteiger charge is -2.23. The van der Waals surface area contributed by atoms with E-state index in [4.69, 9.17) is 4.42 Å². The van der Waals surface area contributed by atoms with Crippen molar-refractivity contribution in [1.29, 1.82) is 5.26 Å². The molecule has 7 nitrogen and oxygen atoms in total. The molecule has 0 spiro atoms. The maximum Gasteiger partial charge on any atom is 0.238 e. The Morgan fingerprint density at radius 3 is 2.97 bits per heavy atom. The van der Waals surface area contributed by atoms with Crippen LogP contribution in [0.5, 0.6) is 0 Å². The minimum absolute atomic E-state index is 0.0832. The number of nitrogens with one attached hydrogen (secondary N) is 2. The lowest BCUT2D eigenvalue weighted by Crippen LogP contribution is -2.50. The van der Waals surface area contributed by atoms with E-state index in [2.05, 4.69) is 16.7 Å². The normalized spacial score (nSPS) is 25.3. The molecule has 2 bridgehead atoms. The highest BCUT2D eigenvalue weighted by Gasteiger charge is 2.43. The van der Waals surface area contributed by atoms with Crippen molar-refractivity contribution >= 4 is 17.5 Å². The van der Waals surface area contributed by atoms with Gasteiger partial charge in [-0.25, -0.2) is 0 Å². The first-order chi connectivity index (χ1) is 14.5. The van der Waals surface area contributed by atoms with Gasteiger partial charge in [0.2, 0.25) is 11.8 Å². The van der Waals surface area contributed by atoms with Gasteiger partial charge in [0.1, 0.15) is 17.6 Å². The summed E-state index contributed by atoms with van der Waals surface area (Å²) in [6.45, 7) is 0. The second kappa shape index (κ2) is 7.29. The van der Waals surface area contributed by atoms with Crippen molar-refractivity contribution in [3.05, 3.63) is 41.7 Å². The Kier molecular flexibility index (Phi) is 4.59. The van der Waals surface area contributed by atoms with Crippen molar-refractivity contribution in [2.24, 2.45) is 5.92 Å². The number of hydrogen-bond acceptors (Lipinski definition) is 5. The smallest absolute Gasteiger partial charge is 0.238 e. The number of piperidine rings is 1. The third kappa shape index (κ3) is 3.27. The number of nitrogens with zero attached hydrogens (tertiary/aromatic N) is 2. The molecule has 4 unspecified atom stereocenters. The number of carbonyl (C=O) groups is 2. The van der Waals surface area contributed by atoms with Crippen LogP contribution in [-0.2, 0) is 22.4 Å². The summed E-state index contributed by atoms with van der Waals surface area (Å²) < 4.78 is 5.96. The molecule has 3 aliphatic rings. The molecule has 2 fully saturated rings. The summed E-state index contributed by atoms with van der Waals surface area (Å²) in [7, 11) is 1.77. The monoisotopic (exact) mass is 404 g/mol. The lowest BCUT2D eigenvalue weighted by molar-refractivity contribution is -0.124. The maximum absolute atomic E-state index is 12.6. The summed E-state index contributed by atoms with van der Waals surface area (Å²) in [5, 5.41) is 15.8. The molecular weight excluding hydrogens is 380 g/mol. The van der Waals surface area contributed by atoms with Gasteiger partial charge in [-0.05, 0) is 48.9 Å². The van der Waals surface area contributed by atoms with E-state index in [1.807, 2.05) is 30.3 Å². The molecule has 7 heteroatoms. The molecule has 1 saturated carbocycles. The van der Waals surface area contributed by atoms with Gasteiger partial charge in [-0.15, -0.1) is 0 Å². The highest BCUT2D eigenvalue weighted by molar-refractivity contribution is 6.01. The summed E-state index contributed by atoms with van der Waals surface area (Å²) in [5.41, 5.74) is 2.79. The van der Waals surface area contributed by atoms with Gasteiger partial charge in [0.15, 0.2) is 0 Å². The molecule has 3 heterocycles. The first-order valence-corrected chi connectivity index (χ1v) is 10.5. The van der Waals surface area contributed by atoms with Gasteiger partial charge in [-0.3, -0.25) is 9.59 Å². The molecule has 2 aliphatic heterocycles. The zero-order valence-electron chi connectivity index (χ0n) is 16.9. The number of likely N-dealkylation sites (N-methyl/N-ethyl adjacent to an activating group) is 1. The first kappa shape index (κ1) is 18.9. The molecule has 2 aromatic rings. The van der Waals surface area contributed by atoms with Crippen LogP contribution in [0.4, 0.5) is 5.69 Å². The summed E-state index contributed by atoms with van der Waals surface area (Å²) in [6, 6.07) is 11.4. The van der Waals surface area contributed by atoms with E-state index in [0.717, 1.165) is 36.1 Å². The Balaban J connectivity index is 1.26. The number of fused-ring (bicyclic) bond motifs is 3. The standard InChI is InChI=1S/C23H24N4O3/c1-27-19-9-14(3-2-13(19)10-21(27)28)20-7-6-18(30-20)11-17(12-24)26-23(29)22-15-4-5-16(8-15)25-22/h2-3,6-7,9,15-17,22,25H,4-5,8,10-11H2,1H3,(H,26,29). The largest absolute Gasteiger partial charge is 0.461 e. The zero-order chi connectivity index (χ0) is 20.8. The number of carbonyl (C=O) groups excluding carboxylic acids is 2. The summed E-state index contributed by atoms with van der Waals surface area (Å²) in [4.78, 5) is 26.2. The van der Waals surface area contributed by atoms with Gasteiger partial charge in [-0.1, -0.05) is 12.1 Å². The van der Waals surface area contributed by atoms with E-state index in [1.54, 1.807) is 11.9 Å². The SMILES string of the molecule is CN1C(=O)Cc2ccc(-c3ccc(CC(C#N)NC(=O)C4NC5CCC4C5)o3)cc21. The van der Waals surface area contributed by atoms with Crippen molar-refractivity contribution < 1.29 is 14.0 Å². The Morgan fingerprint density at radius 1 is 1.37 bits per heavy atom. The third-order valence-electron chi connectivity index (χ3n) is 6.63. The van der Waals surface area contributed by atoms with Crippen LogP contribution in [0.25, 0.3) is 11.3 Å². The van der Waals surface area contributed by atoms with Gasteiger partial charge in [0, 0.05) is 30.8 Å². The second-order valence-corrected chi connectivity index (χ2v) is 8.55. The number of furan rings is 1. The van der Waals surface area contributed by atoms with Crippen molar-refractivity contribution in [3.63, 3.8) is 0 Å². The minimum Gasteiger partial charge on any atom is -0.461 e. The first-order valence-electron chi connectivity index (χ1n) is 10.5. The van der Waals surface area contributed by atoms with E-state index >= 15 is 0 Å². The van der Waals surface area contributed by atoms with Gasteiger partial charge >= 0.3 is 0 Å². The van der Waals surface area contributed by atoms with E-state index < -0.39 is 6.04 Å². The number of nitriles is 1. The average Bonchev–Trinajstić information content (AvgIpc) is 3.53. The Hall–Kier alpha value is -3.11. The third-order valence-corrected chi connectivity index (χ3v) is 6.63. The Bertz CT molecular complexity index is 1050. The Labute approximate surface area is 175 Å². The van der Waals surface area contributed by atoms with E-state index in [0.29, 0.717) is 36.3 Å². The van der Waals surface area contributed by atoms with Gasteiger partial charge < -0.3 is 20.0 Å².